The molecule has 5 nitrogen and oxygen atoms in total. The van der Waals surface area contributed by atoms with Gasteiger partial charge < -0.3 is 0 Å². The molecule has 5 heteroatoms. The fourth-order valence-corrected chi connectivity index (χ4v) is 1.96. The normalized spacial score (nSPS) is 18.2. The molecule has 0 saturated heterocycles. The Kier molecular flexibility index (Phi) is 3.61. The van der Waals surface area contributed by atoms with Crippen LogP contribution >= 0.6 is 0 Å². The van der Waals surface area contributed by atoms with E-state index in [0.29, 0.717) is 5.57 Å². The number of amides is 1. The Bertz CT molecular complexity index is 577. The molecule has 0 atom stereocenters. The second kappa shape index (κ2) is 5.07. The Morgan fingerprint density at radius 3 is 2.50 bits per heavy atom. The van der Waals surface area contributed by atoms with Crippen molar-refractivity contribution >= 4 is 12.1 Å². The summed E-state index contributed by atoms with van der Waals surface area (Å²) in [5.74, 6) is -0.152. The van der Waals surface area contributed by atoms with Crippen LogP contribution < -0.4 is 5.43 Å². The van der Waals surface area contributed by atoms with Crippen molar-refractivity contribution in [2.75, 3.05) is 0 Å². The van der Waals surface area contributed by atoms with Gasteiger partial charge in [-0.15, -0.1) is 0 Å². The minimum Gasteiger partial charge on any atom is -0.285 e. The van der Waals surface area contributed by atoms with E-state index in [1.807, 2.05) is 18.5 Å². The third-order valence-corrected chi connectivity index (χ3v) is 3.33. The molecule has 0 radical (unpaired) electrons. The van der Waals surface area contributed by atoms with Gasteiger partial charge in [0.15, 0.2) is 0 Å². The smallest absolute Gasteiger partial charge is 0.272 e. The van der Waals surface area contributed by atoms with Crippen molar-refractivity contribution in [3.05, 3.63) is 41.8 Å². The molecule has 0 aromatic carbocycles. The highest BCUT2D eigenvalue weighted by molar-refractivity contribution is 6.15. The van der Waals surface area contributed by atoms with Crippen LogP contribution in [0.15, 0.2) is 41.3 Å². The maximum atomic E-state index is 11.5. The van der Waals surface area contributed by atoms with Gasteiger partial charge in [0.25, 0.3) is 5.91 Å². The van der Waals surface area contributed by atoms with Gasteiger partial charge in [-0.25, -0.2) is 5.43 Å². The lowest BCUT2D eigenvalue weighted by Crippen LogP contribution is -2.17. The maximum absolute atomic E-state index is 11.5. The number of hydrogen-bond acceptors (Lipinski definition) is 3. The van der Waals surface area contributed by atoms with Gasteiger partial charge >= 0.3 is 0 Å². The van der Waals surface area contributed by atoms with Crippen molar-refractivity contribution in [3.63, 3.8) is 0 Å². The third-order valence-electron chi connectivity index (χ3n) is 3.33. The molecule has 1 aromatic rings. The van der Waals surface area contributed by atoms with E-state index in [1.165, 1.54) is 0 Å². The largest absolute Gasteiger partial charge is 0.285 e. The fourth-order valence-electron chi connectivity index (χ4n) is 1.96. The number of hydrazone groups is 1. The van der Waals surface area contributed by atoms with Gasteiger partial charge in [0, 0.05) is 17.0 Å². The summed E-state index contributed by atoms with van der Waals surface area (Å²) >= 11 is 0. The zero-order valence-electron chi connectivity index (χ0n) is 12.3. The summed E-state index contributed by atoms with van der Waals surface area (Å²) in [4.78, 5) is 11.5. The van der Waals surface area contributed by atoms with Crippen LogP contribution in [0.3, 0.4) is 0 Å². The van der Waals surface area contributed by atoms with Gasteiger partial charge in [-0.2, -0.15) is 10.2 Å². The number of nitrogens with one attached hydrogen (secondary N) is 2. The number of hydrogen-bond donors (Lipinski definition) is 2. The summed E-state index contributed by atoms with van der Waals surface area (Å²) in [7, 11) is 0. The SMILES string of the molecule is CC(C)(/C=C1/C=NNC1=O)/C=C/C(C)(C)c1cn[nH]c1. The van der Waals surface area contributed by atoms with Crippen LogP contribution in [0, 0.1) is 5.41 Å². The van der Waals surface area contributed by atoms with Gasteiger partial charge in [0.1, 0.15) is 0 Å². The molecule has 1 aliphatic heterocycles. The van der Waals surface area contributed by atoms with E-state index < -0.39 is 0 Å². The van der Waals surface area contributed by atoms with Gasteiger partial charge in [-0.05, 0) is 5.56 Å². The topological polar surface area (TPSA) is 70.1 Å². The monoisotopic (exact) mass is 272 g/mol. The predicted molar refractivity (Wildman–Crippen MR) is 79.3 cm³/mol. The van der Waals surface area contributed by atoms with Crippen molar-refractivity contribution in [3.8, 4) is 0 Å². The van der Waals surface area contributed by atoms with Crippen LogP contribution in [-0.2, 0) is 10.2 Å². The molecule has 0 bridgehead atoms. The number of nitrogens with zero attached hydrogens (tertiary/aromatic N) is 2. The zero-order valence-corrected chi connectivity index (χ0v) is 12.3. The number of H-pyrrole nitrogens is 1. The molecule has 0 saturated carbocycles. The molecular weight excluding hydrogens is 252 g/mol. The lowest BCUT2D eigenvalue weighted by Gasteiger charge is -2.22. The van der Waals surface area contributed by atoms with E-state index in [1.54, 1.807) is 6.21 Å². The molecule has 0 fully saturated rings. The molecule has 0 unspecified atom stereocenters. The number of rotatable bonds is 4. The second-order valence-corrected chi connectivity index (χ2v) is 6.16. The van der Waals surface area contributed by atoms with Crippen LogP contribution in [0.2, 0.25) is 0 Å². The van der Waals surface area contributed by atoms with Crippen molar-refractivity contribution in [2.45, 2.75) is 33.1 Å². The first-order chi connectivity index (χ1) is 9.30. The highest BCUT2D eigenvalue weighted by atomic mass is 16.2. The highest BCUT2D eigenvalue weighted by Gasteiger charge is 2.22. The minimum atomic E-state index is -0.232. The number of carbonyl (C=O) groups excluding carboxylic acids is 1. The molecule has 20 heavy (non-hydrogen) atoms. The minimum absolute atomic E-state index is 0.116. The van der Waals surface area contributed by atoms with E-state index in [2.05, 4.69) is 60.6 Å². The van der Waals surface area contributed by atoms with E-state index >= 15 is 0 Å². The molecule has 2 N–H and O–H groups in total. The number of allylic oxidation sites excluding steroid dienone is 3. The molecule has 1 amide bonds. The zero-order chi connectivity index (χ0) is 14.8. The van der Waals surface area contributed by atoms with Crippen LogP contribution in [0.5, 0.6) is 0 Å². The molecule has 106 valence electrons. The van der Waals surface area contributed by atoms with E-state index in [4.69, 9.17) is 0 Å². The number of aromatic nitrogens is 2. The Balaban J connectivity index is 2.17. The molecule has 2 rings (SSSR count). The Morgan fingerprint density at radius 1 is 1.20 bits per heavy atom. The molecule has 1 aromatic heterocycles. The Hall–Kier alpha value is -2.17. The number of carbonyl (C=O) groups is 1. The summed E-state index contributed by atoms with van der Waals surface area (Å²) in [6.45, 7) is 8.37. The maximum Gasteiger partial charge on any atom is 0.272 e. The standard InChI is InChI=1S/C15H20N4O/c1-14(2,7-11-8-18-19-13(11)20)5-6-15(3,4)12-9-16-17-10-12/h5-10H,1-4H3,(H,16,17)(H,19,20)/b6-5+,11-7-. The van der Waals surface area contributed by atoms with Gasteiger partial charge in [0.05, 0.1) is 18.0 Å². The van der Waals surface area contributed by atoms with Crippen LogP contribution in [0.25, 0.3) is 0 Å². The van der Waals surface area contributed by atoms with Crippen LogP contribution in [0.1, 0.15) is 33.3 Å². The summed E-state index contributed by atoms with van der Waals surface area (Å²) < 4.78 is 0. The summed E-state index contributed by atoms with van der Waals surface area (Å²) in [5.41, 5.74) is 3.78. The molecule has 0 spiro atoms. The van der Waals surface area contributed by atoms with E-state index in [0.717, 1.165) is 5.56 Å². The van der Waals surface area contributed by atoms with Crippen molar-refractivity contribution in [1.82, 2.24) is 15.6 Å². The molecule has 2 heterocycles. The number of aromatic amines is 1. The van der Waals surface area contributed by atoms with Crippen molar-refractivity contribution < 1.29 is 4.79 Å². The lowest BCUT2D eigenvalue weighted by molar-refractivity contribution is -0.116. The van der Waals surface area contributed by atoms with E-state index in [-0.39, 0.29) is 16.7 Å². The fraction of sp³-hybridized carbons (Fsp3) is 0.400. The van der Waals surface area contributed by atoms with Crippen molar-refractivity contribution in [2.24, 2.45) is 10.5 Å². The Morgan fingerprint density at radius 2 is 1.95 bits per heavy atom. The molecular formula is C15H20N4O. The van der Waals surface area contributed by atoms with Gasteiger partial charge in [-0.3, -0.25) is 9.89 Å². The third kappa shape index (κ3) is 3.23. The summed E-state index contributed by atoms with van der Waals surface area (Å²) in [6, 6.07) is 0. The highest BCUT2D eigenvalue weighted by Crippen LogP contribution is 2.28. The van der Waals surface area contributed by atoms with Gasteiger partial charge in [-0.1, -0.05) is 45.9 Å². The van der Waals surface area contributed by atoms with E-state index in [9.17, 15) is 4.79 Å². The van der Waals surface area contributed by atoms with Crippen molar-refractivity contribution in [1.29, 1.82) is 0 Å². The lowest BCUT2D eigenvalue weighted by atomic mass is 9.82. The average molecular weight is 272 g/mol. The average Bonchev–Trinajstić information content (AvgIpc) is 3.00. The predicted octanol–water partition coefficient (Wildman–Crippen LogP) is 2.31. The van der Waals surface area contributed by atoms with Crippen LogP contribution in [0.4, 0.5) is 0 Å². The second-order valence-electron chi connectivity index (χ2n) is 6.16. The first-order valence-electron chi connectivity index (χ1n) is 6.56. The Labute approximate surface area is 118 Å². The molecule has 1 aliphatic rings. The summed E-state index contributed by atoms with van der Waals surface area (Å²) in [5, 5.41) is 10.6. The first-order valence-corrected chi connectivity index (χ1v) is 6.56. The summed E-state index contributed by atoms with van der Waals surface area (Å²) in [6.07, 6.45) is 11.4. The first kappa shape index (κ1) is 14.2. The van der Waals surface area contributed by atoms with Gasteiger partial charge in [0.2, 0.25) is 0 Å². The molecule has 0 aliphatic carbocycles. The quantitative estimate of drug-likeness (QED) is 0.652. The van der Waals surface area contributed by atoms with Crippen LogP contribution in [-0.4, -0.2) is 22.3 Å².